The summed E-state index contributed by atoms with van der Waals surface area (Å²) >= 11 is 6.05. The molecule has 2 heterocycles. The second kappa shape index (κ2) is 7.00. The van der Waals surface area contributed by atoms with Crippen molar-refractivity contribution in [2.24, 2.45) is 0 Å². The van der Waals surface area contributed by atoms with E-state index in [1.54, 1.807) is 42.6 Å². The van der Waals surface area contributed by atoms with Crippen LogP contribution in [0.2, 0.25) is 5.02 Å². The lowest BCUT2D eigenvalue weighted by Crippen LogP contribution is -2.29. The summed E-state index contributed by atoms with van der Waals surface area (Å²) in [5.74, 6) is -0.413. The summed E-state index contributed by atoms with van der Waals surface area (Å²) < 4.78 is 2.63. The van der Waals surface area contributed by atoms with Crippen molar-refractivity contribution in [3.63, 3.8) is 0 Å². The molecule has 4 rings (SSSR count). The minimum absolute atomic E-state index is 0.229. The number of carbonyl (C=O) groups excluding carboxylic acids is 1. The molecule has 0 aliphatic rings. The van der Waals surface area contributed by atoms with Gasteiger partial charge in [-0.3, -0.25) is 9.59 Å². The first-order valence-electron chi connectivity index (χ1n) is 8.01. The molecule has 0 bridgehead atoms. The summed E-state index contributed by atoms with van der Waals surface area (Å²) in [6, 6.07) is 12.1. The molecule has 9 heteroatoms. The Kier molecular flexibility index (Phi) is 4.39. The van der Waals surface area contributed by atoms with Crippen LogP contribution in [0.5, 0.6) is 0 Å². The maximum absolute atomic E-state index is 12.5. The molecule has 0 saturated heterocycles. The van der Waals surface area contributed by atoms with Gasteiger partial charge in [0.05, 0.1) is 23.0 Å². The van der Waals surface area contributed by atoms with Crippen LogP contribution in [0.15, 0.2) is 66.1 Å². The van der Waals surface area contributed by atoms with Crippen molar-refractivity contribution >= 4 is 34.0 Å². The third kappa shape index (κ3) is 3.42. The van der Waals surface area contributed by atoms with E-state index >= 15 is 0 Å². The van der Waals surface area contributed by atoms with Crippen LogP contribution >= 0.6 is 11.6 Å². The lowest BCUT2D eigenvalue weighted by molar-refractivity contribution is -0.117. The zero-order valence-corrected chi connectivity index (χ0v) is 14.7. The summed E-state index contributed by atoms with van der Waals surface area (Å²) in [7, 11) is 0. The minimum atomic E-state index is -0.413. The van der Waals surface area contributed by atoms with E-state index < -0.39 is 5.91 Å². The second-order valence-corrected chi connectivity index (χ2v) is 6.18. The fraction of sp³-hybridized carbons (Fsp3) is 0.0556. The lowest BCUT2D eigenvalue weighted by atomic mass is 10.2. The number of halogens is 1. The van der Waals surface area contributed by atoms with Gasteiger partial charge in [0, 0.05) is 10.4 Å². The molecule has 2 aromatic carbocycles. The summed E-state index contributed by atoms with van der Waals surface area (Å²) in [5.41, 5.74) is 0.724. The first-order chi connectivity index (χ1) is 13.1. The maximum Gasteiger partial charge on any atom is 0.275 e. The van der Waals surface area contributed by atoms with Crippen LogP contribution in [0.1, 0.15) is 0 Å². The molecule has 0 fully saturated rings. The largest absolute Gasteiger partial charge is 0.323 e. The molecular weight excluding hydrogens is 368 g/mol. The lowest BCUT2D eigenvalue weighted by Gasteiger charge is -2.12. The van der Waals surface area contributed by atoms with Gasteiger partial charge in [-0.1, -0.05) is 29.8 Å². The molecule has 0 spiro atoms. The van der Waals surface area contributed by atoms with Crippen molar-refractivity contribution < 1.29 is 4.79 Å². The Hall–Kier alpha value is -3.52. The third-order valence-corrected chi connectivity index (χ3v) is 4.19. The maximum atomic E-state index is 12.5. The van der Waals surface area contributed by atoms with Crippen molar-refractivity contribution in [3.05, 3.63) is 76.7 Å². The van der Waals surface area contributed by atoms with Gasteiger partial charge in [-0.2, -0.15) is 10.2 Å². The quantitative estimate of drug-likeness (QED) is 0.586. The summed E-state index contributed by atoms with van der Waals surface area (Å²) in [6.45, 7) is -0.229. The van der Waals surface area contributed by atoms with Crippen molar-refractivity contribution in [1.82, 2.24) is 24.5 Å². The average molecular weight is 381 g/mol. The van der Waals surface area contributed by atoms with E-state index in [-0.39, 0.29) is 12.1 Å². The zero-order valence-electron chi connectivity index (χ0n) is 13.9. The topological polar surface area (TPSA) is 94.7 Å². The van der Waals surface area contributed by atoms with Gasteiger partial charge in [0.25, 0.3) is 5.56 Å². The van der Waals surface area contributed by atoms with Gasteiger partial charge in [0.15, 0.2) is 0 Å². The van der Waals surface area contributed by atoms with E-state index in [0.29, 0.717) is 21.8 Å². The number of fused-ring (bicyclic) bond motifs is 1. The number of nitrogens with zero attached hydrogens (tertiary/aromatic N) is 5. The smallest absolute Gasteiger partial charge is 0.275 e. The van der Waals surface area contributed by atoms with Crippen molar-refractivity contribution in [3.8, 4) is 5.69 Å². The highest BCUT2D eigenvalue weighted by molar-refractivity contribution is 6.31. The Morgan fingerprint density at radius 2 is 2.00 bits per heavy atom. The molecule has 27 heavy (non-hydrogen) atoms. The van der Waals surface area contributed by atoms with Crippen LogP contribution in [-0.2, 0) is 11.3 Å². The average Bonchev–Trinajstić information content (AvgIpc) is 3.19. The zero-order chi connectivity index (χ0) is 18.8. The number of benzene rings is 2. The molecule has 0 aliphatic carbocycles. The highest BCUT2D eigenvalue weighted by Gasteiger charge is 2.12. The molecular formula is C18H13ClN6O2. The Labute approximate surface area is 158 Å². The molecule has 0 saturated carbocycles. The van der Waals surface area contributed by atoms with Gasteiger partial charge in [0.2, 0.25) is 5.91 Å². The predicted molar refractivity (Wildman–Crippen MR) is 101 cm³/mol. The molecule has 1 amide bonds. The Morgan fingerprint density at radius 3 is 2.81 bits per heavy atom. The van der Waals surface area contributed by atoms with Crippen LogP contribution in [0.3, 0.4) is 0 Å². The van der Waals surface area contributed by atoms with E-state index in [0.717, 1.165) is 10.1 Å². The molecule has 0 atom stereocenters. The number of nitrogens with one attached hydrogen (secondary N) is 1. The van der Waals surface area contributed by atoms with Gasteiger partial charge >= 0.3 is 0 Å². The molecule has 0 aliphatic heterocycles. The van der Waals surface area contributed by atoms with Crippen molar-refractivity contribution in [1.29, 1.82) is 0 Å². The number of aromatic nitrogens is 5. The third-order valence-electron chi connectivity index (χ3n) is 3.95. The standard InChI is InChI=1S/C18H13ClN6O2/c19-13-5-6-16(25-11-20-10-22-25)15(7-13)23-17(26)9-24-18(27)14-4-2-1-3-12(14)8-21-24/h1-8,10-11H,9H2,(H,23,26). The number of hydrogen-bond donors (Lipinski definition) is 1. The number of hydrogen-bond acceptors (Lipinski definition) is 5. The molecule has 1 N–H and O–H groups in total. The highest BCUT2D eigenvalue weighted by atomic mass is 35.5. The number of anilines is 1. The van der Waals surface area contributed by atoms with E-state index in [2.05, 4.69) is 20.5 Å². The SMILES string of the molecule is O=C(Cn1ncc2ccccc2c1=O)Nc1cc(Cl)ccc1-n1cncn1. The van der Waals surface area contributed by atoms with Gasteiger partial charge in [-0.05, 0) is 24.3 Å². The van der Waals surface area contributed by atoms with E-state index in [9.17, 15) is 9.59 Å². The van der Waals surface area contributed by atoms with Crippen LogP contribution in [0.4, 0.5) is 5.69 Å². The Balaban J connectivity index is 1.62. The normalized spacial score (nSPS) is 10.9. The Morgan fingerprint density at radius 1 is 1.15 bits per heavy atom. The fourth-order valence-corrected chi connectivity index (χ4v) is 2.88. The summed E-state index contributed by atoms with van der Waals surface area (Å²) in [6.07, 6.45) is 4.46. The highest BCUT2D eigenvalue weighted by Crippen LogP contribution is 2.23. The second-order valence-electron chi connectivity index (χ2n) is 5.74. The molecule has 0 unspecified atom stereocenters. The van der Waals surface area contributed by atoms with Crippen LogP contribution < -0.4 is 10.9 Å². The number of carbonyl (C=O) groups is 1. The van der Waals surface area contributed by atoms with Gasteiger partial charge < -0.3 is 5.32 Å². The first kappa shape index (κ1) is 16.9. The molecule has 0 radical (unpaired) electrons. The first-order valence-corrected chi connectivity index (χ1v) is 8.39. The fourth-order valence-electron chi connectivity index (χ4n) is 2.71. The molecule has 134 valence electrons. The molecule has 8 nitrogen and oxygen atoms in total. The van der Waals surface area contributed by atoms with E-state index in [1.165, 1.54) is 17.3 Å². The molecule has 4 aromatic rings. The van der Waals surface area contributed by atoms with Gasteiger partial charge in [-0.15, -0.1) is 0 Å². The van der Waals surface area contributed by atoms with Crippen LogP contribution in [0, 0.1) is 0 Å². The predicted octanol–water partition coefficient (Wildman–Crippen LogP) is 2.27. The van der Waals surface area contributed by atoms with Crippen molar-refractivity contribution in [2.75, 3.05) is 5.32 Å². The minimum Gasteiger partial charge on any atom is -0.323 e. The van der Waals surface area contributed by atoms with Crippen LogP contribution in [0.25, 0.3) is 16.5 Å². The molecule has 2 aromatic heterocycles. The van der Waals surface area contributed by atoms with Crippen molar-refractivity contribution in [2.45, 2.75) is 6.54 Å². The summed E-state index contributed by atoms with van der Waals surface area (Å²) in [5, 5.41) is 12.6. The van der Waals surface area contributed by atoms with Crippen LogP contribution in [-0.4, -0.2) is 30.5 Å². The number of rotatable bonds is 4. The van der Waals surface area contributed by atoms with E-state index in [4.69, 9.17) is 11.6 Å². The van der Waals surface area contributed by atoms with Gasteiger partial charge in [-0.25, -0.2) is 14.3 Å². The number of amides is 1. The van der Waals surface area contributed by atoms with E-state index in [1.807, 2.05) is 6.07 Å². The Bertz CT molecular complexity index is 1190. The summed E-state index contributed by atoms with van der Waals surface area (Å²) in [4.78, 5) is 28.9. The monoisotopic (exact) mass is 380 g/mol. The van der Waals surface area contributed by atoms with Gasteiger partial charge in [0.1, 0.15) is 19.2 Å².